The maximum Gasteiger partial charge on any atom is 0.257 e. The van der Waals surface area contributed by atoms with Crippen molar-refractivity contribution in [2.45, 2.75) is 39.7 Å². The summed E-state index contributed by atoms with van der Waals surface area (Å²) in [7, 11) is 2.01. The minimum atomic E-state index is -0.0846. The predicted molar refractivity (Wildman–Crippen MR) is 87.7 cm³/mol. The molecule has 1 N–H and O–H groups in total. The van der Waals surface area contributed by atoms with E-state index < -0.39 is 0 Å². The standard InChI is InChI=1S/C16H24N6O2/c1-9(2)14-13(10(3)18-19-14)16(23)22-7-6-21(5)12(8-22)15-17-11(4)20-24-15/h9,12H,6-8H2,1-5H3,(H,18,19)/t12-/m0/s1. The van der Waals surface area contributed by atoms with Crippen LogP contribution in [0.15, 0.2) is 4.52 Å². The lowest BCUT2D eigenvalue weighted by atomic mass is 10.0. The number of H-pyrrole nitrogens is 1. The van der Waals surface area contributed by atoms with Crippen molar-refractivity contribution in [3.63, 3.8) is 0 Å². The predicted octanol–water partition coefficient (Wildman–Crippen LogP) is 1.66. The van der Waals surface area contributed by atoms with Crippen LogP contribution in [0.1, 0.15) is 59.3 Å². The number of nitrogens with zero attached hydrogens (tertiary/aromatic N) is 5. The Morgan fingerprint density at radius 1 is 1.33 bits per heavy atom. The number of hydrogen-bond acceptors (Lipinski definition) is 6. The van der Waals surface area contributed by atoms with Crippen molar-refractivity contribution in [2.24, 2.45) is 0 Å². The van der Waals surface area contributed by atoms with E-state index in [1.54, 1.807) is 6.92 Å². The number of aromatic amines is 1. The van der Waals surface area contributed by atoms with Gasteiger partial charge in [-0.3, -0.25) is 14.8 Å². The summed E-state index contributed by atoms with van der Waals surface area (Å²) < 4.78 is 5.32. The molecule has 24 heavy (non-hydrogen) atoms. The smallest absolute Gasteiger partial charge is 0.257 e. The van der Waals surface area contributed by atoms with Crippen LogP contribution in [0, 0.1) is 13.8 Å². The van der Waals surface area contributed by atoms with E-state index in [9.17, 15) is 4.79 Å². The highest BCUT2D eigenvalue weighted by Gasteiger charge is 2.34. The van der Waals surface area contributed by atoms with Crippen molar-refractivity contribution in [1.82, 2.24) is 30.1 Å². The van der Waals surface area contributed by atoms with E-state index in [1.165, 1.54) is 0 Å². The molecule has 8 nitrogen and oxygen atoms in total. The second-order valence-corrected chi connectivity index (χ2v) is 6.69. The van der Waals surface area contributed by atoms with Crippen LogP contribution in [-0.2, 0) is 0 Å². The number of hydrogen-bond donors (Lipinski definition) is 1. The zero-order chi connectivity index (χ0) is 17.4. The topological polar surface area (TPSA) is 91.2 Å². The van der Waals surface area contributed by atoms with Crippen molar-refractivity contribution < 1.29 is 9.32 Å². The fourth-order valence-electron chi connectivity index (χ4n) is 3.07. The largest absolute Gasteiger partial charge is 0.338 e. The van der Waals surface area contributed by atoms with Crippen LogP contribution >= 0.6 is 0 Å². The summed E-state index contributed by atoms with van der Waals surface area (Å²) in [6, 6.07) is -0.0846. The molecule has 1 aliphatic heterocycles. The first-order valence-corrected chi connectivity index (χ1v) is 8.23. The van der Waals surface area contributed by atoms with Gasteiger partial charge in [0.15, 0.2) is 5.82 Å². The van der Waals surface area contributed by atoms with E-state index >= 15 is 0 Å². The van der Waals surface area contributed by atoms with E-state index in [0.717, 1.165) is 17.9 Å². The van der Waals surface area contributed by atoms with Crippen LogP contribution < -0.4 is 0 Å². The SMILES string of the molecule is Cc1noc([C@@H]2CN(C(=O)c3c(C(C)C)n[nH]c3C)CCN2C)n1. The lowest BCUT2D eigenvalue weighted by molar-refractivity contribution is 0.0487. The van der Waals surface area contributed by atoms with E-state index in [2.05, 4.69) is 25.2 Å². The highest BCUT2D eigenvalue weighted by Crippen LogP contribution is 2.26. The minimum absolute atomic E-state index is 0.0132. The van der Waals surface area contributed by atoms with Gasteiger partial charge in [0.1, 0.15) is 6.04 Å². The number of piperazine rings is 1. The number of carbonyl (C=O) groups is 1. The molecule has 2 aromatic heterocycles. The molecular formula is C16H24N6O2. The molecule has 8 heteroatoms. The Hall–Kier alpha value is -2.22. The third-order valence-corrected chi connectivity index (χ3v) is 4.50. The van der Waals surface area contributed by atoms with Crippen molar-refractivity contribution >= 4 is 5.91 Å². The summed E-state index contributed by atoms with van der Waals surface area (Å²) in [6.45, 7) is 9.72. The van der Waals surface area contributed by atoms with Crippen molar-refractivity contribution in [1.29, 1.82) is 0 Å². The Balaban J connectivity index is 1.85. The second kappa shape index (κ2) is 6.35. The van der Waals surface area contributed by atoms with Gasteiger partial charge in [-0.1, -0.05) is 19.0 Å². The summed E-state index contributed by atoms with van der Waals surface area (Å²) in [5, 5.41) is 11.1. The molecule has 130 valence electrons. The van der Waals surface area contributed by atoms with E-state index in [1.807, 2.05) is 32.7 Å². The fraction of sp³-hybridized carbons (Fsp3) is 0.625. The zero-order valence-corrected chi connectivity index (χ0v) is 14.8. The molecule has 3 rings (SSSR count). The van der Waals surface area contributed by atoms with Crippen LogP contribution in [0.5, 0.6) is 0 Å². The van der Waals surface area contributed by atoms with Gasteiger partial charge in [0.05, 0.1) is 11.3 Å². The molecule has 0 unspecified atom stereocenters. The Bertz CT molecular complexity index is 735. The molecule has 1 atom stereocenters. The number of amides is 1. The van der Waals surface area contributed by atoms with Gasteiger partial charge in [0, 0.05) is 25.3 Å². The van der Waals surface area contributed by atoms with Gasteiger partial charge in [-0.15, -0.1) is 0 Å². The Morgan fingerprint density at radius 3 is 2.71 bits per heavy atom. The van der Waals surface area contributed by atoms with Gasteiger partial charge in [-0.2, -0.15) is 10.1 Å². The van der Waals surface area contributed by atoms with E-state index in [4.69, 9.17) is 4.52 Å². The molecule has 1 saturated heterocycles. The van der Waals surface area contributed by atoms with Crippen LogP contribution in [-0.4, -0.2) is 62.7 Å². The van der Waals surface area contributed by atoms with Crippen LogP contribution in [0.4, 0.5) is 0 Å². The molecule has 1 fully saturated rings. The zero-order valence-electron chi connectivity index (χ0n) is 14.8. The lowest BCUT2D eigenvalue weighted by Crippen LogP contribution is -2.49. The molecular weight excluding hydrogens is 308 g/mol. The molecule has 0 saturated carbocycles. The monoisotopic (exact) mass is 332 g/mol. The number of carbonyl (C=O) groups excluding carboxylic acids is 1. The van der Waals surface area contributed by atoms with E-state index in [-0.39, 0.29) is 17.9 Å². The number of aromatic nitrogens is 4. The number of rotatable bonds is 3. The quantitative estimate of drug-likeness (QED) is 0.919. The molecule has 0 aliphatic carbocycles. The van der Waals surface area contributed by atoms with Gasteiger partial charge in [-0.05, 0) is 26.8 Å². The van der Waals surface area contributed by atoms with Gasteiger partial charge in [-0.25, -0.2) is 0 Å². The molecule has 0 spiro atoms. The first-order valence-electron chi connectivity index (χ1n) is 8.23. The van der Waals surface area contributed by atoms with Gasteiger partial charge in [0.2, 0.25) is 5.89 Å². The average Bonchev–Trinajstić information content (AvgIpc) is 3.13. The van der Waals surface area contributed by atoms with Crippen LogP contribution in [0.2, 0.25) is 0 Å². The molecule has 2 aromatic rings. The fourth-order valence-corrected chi connectivity index (χ4v) is 3.07. The molecule has 1 amide bonds. The average molecular weight is 332 g/mol. The third-order valence-electron chi connectivity index (χ3n) is 4.50. The Labute approximate surface area is 141 Å². The Kier molecular flexibility index (Phi) is 4.40. The number of nitrogens with one attached hydrogen (secondary N) is 1. The van der Waals surface area contributed by atoms with Crippen LogP contribution in [0.25, 0.3) is 0 Å². The number of aryl methyl sites for hydroxylation is 2. The van der Waals surface area contributed by atoms with Crippen molar-refractivity contribution in [3.05, 3.63) is 28.7 Å². The van der Waals surface area contributed by atoms with Gasteiger partial charge < -0.3 is 9.42 Å². The summed E-state index contributed by atoms with van der Waals surface area (Å²) in [4.78, 5) is 21.4. The van der Waals surface area contributed by atoms with Crippen molar-refractivity contribution in [2.75, 3.05) is 26.7 Å². The van der Waals surface area contributed by atoms with Crippen molar-refractivity contribution in [3.8, 4) is 0 Å². The summed E-state index contributed by atoms with van der Waals surface area (Å²) in [5.74, 6) is 1.37. The first-order chi connectivity index (χ1) is 11.4. The second-order valence-electron chi connectivity index (χ2n) is 6.69. The molecule has 3 heterocycles. The lowest BCUT2D eigenvalue weighted by Gasteiger charge is -2.37. The maximum atomic E-state index is 13.1. The number of likely N-dealkylation sites (N-methyl/N-ethyl adjacent to an activating group) is 1. The first kappa shape index (κ1) is 16.6. The summed E-state index contributed by atoms with van der Waals surface area (Å²) in [6.07, 6.45) is 0. The van der Waals surface area contributed by atoms with E-state index in [0.29, 0.717) is 30.4 Å². The molecule has 1 aliphatic rings. The summed E-state index contributed by atoms with van der Waals surface area (Å²) in [5.41, 5.74) is 2.32. The highest BCUT2D eigenvalue weighted by molar-refractivity contribution is 5.96. The van der Waals surface area contributed by atoms with Gasteiger partial charge >= 0.3 is 0 Å². The maximum absolute atomic E-state index is 13.1. The molecule has 0 radical (unpaired) electrons. The minimum Gasteiger partial charge on any atom is -0.338 e. The normalized spacial score (nSPS) is 19.2. The van der Waals surface area contributed by atoms with Crippen LogP contribution in [0.3, 0.4) is 0 Å². The highest BCUT2D eigenvalue weighted by atomic mass is 16.5. The van der Waals surface area contributed by atoms with Gasteiger partial charge in [0.25, 0.3) is 5.91 Å². The third kappa shape index (κ3) is 2.93. The molecule has 0 aromatic carbocycles. The summed E-state index contributed by atoms with van der Waals surface area (Å²) >= 11 is 0. The Morgan fingerprint density at radius 2 is 2.08 bits per heavy atom. The molecule has 0 bridgehead atoms.